The van der Waals surface area contributed by atoms with E-state index in [1.165, 1.54) is 15.6 Å². The standard InChI is InChI=1S/C18H29N3O3S2/c1-3-20-10-8-16(9-11-20)19(2)18(22)15-6-12-21(13-7-15)26(23,24)17-5-4-14-25-17/h4-5,14-16H,3,6-13H2,1-2H3. The van der Waals surface area contributed by atoms with Crippen molar-refractivity contribution in [3.63, 3.8) is 0 Å². The lowest BCUT2D eigenvalue weighted by Crippen LogP contribution is -2.49. The predicted molar refractivity (Wildman–Crippen MR) is 104 cm³/mol. The lowest BCUT2D eigenvalue weighted by atomic mass is 9.94. The Morgan fingerprint density at radius 2 is 1.85 bits per heavy atom. The fourth-order valence-corrected chi connectivity index (χ4v) is 6.59. The van der Waals surface area contributed by atoms with Crippen molar-refractivity contribution in [3.8, 4) is 0 Å². The first kappa shape index (κ1) is 19.8. The highest BCUT2D eigenvalue weighted by atomic mass is 32.2. The molecule has 2 saturated heterocycles. The monoisotopic (exact) mass is 399 g/mol. The minimum absolute atomic E-state index is 0.0565. The van der Waals surface area contributed by atoms with Crippen LogP contribution in [0.4, 0.5) is 0 Å². The maximum absolute atomic E-state index is 12.9. The van der Waals surface area contributed by atoms with Gasteiger partial charge in [-0.05, 0) is 43.7 Å². The largest absolute Gasteiger partial charge is 0.342 e. The Kier molecular flexibility index (Phi) is 6.37. The molecule has 3 heterocycles. The summed E-state index contributed by atoms with van der Waals surface area (Å²) in [6.45, 7) is 6.21. The average molecular weight is 400 g/mol. The minimum Gasteiger partial charge on any atom is -0.342 e. The van der Waals surface area contributed by atoms with Gasteiger partial charge in [0.15, 0.2) is 0 Å². The number of nitrogens with zero attached hydrogens (tertiary/aromatic N) is 3. The Bertz CT molecular complexity index is 689. The second kappa shape index (κ2) is 8.37. The van der Waals surface area contributed by atoms with Gasteiger partial charge >= 0.3 is 0 Å². The molecule has 0 unspecified atom stereocenters. The predicted octanol–water partition coefficient (Wildman–Crippen LogP) is 2.09. The first-order valence-corrected chi connectivity index (χ1v) is 11.8. The quantitative estimate of drug-likeness (QED) is 0.761. The number of amides is 1. The van der Waals surface area contributed by atoms with Crippen molar-refractivity contribution in [1.82, 2.24) is 14.1 Å². The third-order valence-electron chi connectivity index (χ3n) is 5.79. The highest BCUT2D eigenvalue weighted by Crippen LogP contribution is 2.28. The topological polar surface area (TPSA) is 60.9 Å². The summed E-state index contributed by atoms with van der Waals surface area (Å²) >= 11 is 1.25. The molecule has 0 atom stereocenters. The number of hydrogen-bond donors (Lipinski definition) is 0. The normalized spacial score (nSPS) is 21.8. The molecule has 0 radical (unpaired) electrons. The number of rotatable bonds is 5. The van der Waals surface area contributed by atoms with Crippen molar-refractivity contribution in [3.05, 3.63) is 17.5 Å². The van der Waals surface area contributed by atoms with Gasteiger partial charge in [-0.2, -0.15) is 4.31 Å². The maximum Gasteiger partial charge on any atom is 0.252 e. The molecule has 1 aromatic heterocycles. The Labute approximate surface area is 160 Å². The summed E-state index contributed by atoms with van der Waals surface area (Å²) in [5, 5.41) is 1.78. The van der Waals surface area contributed by atoms with Crippen molar-refractivity contribution in [2.75, 3.05) is 39.8 Å². The molecular formula is C18H29N3O3S2. The second-order valence-electron chi connectivity index (χ2n) is 7.23. The molecule has 26 heavy (non-hydrogen) atoms. The maximum atomic E-state index is 12.9. The zero-order valence-electron chi connectivity index (χ0n) is 15.6. The number of hydrogen-bond acceptors (Lipinski definition) is 5. The number of piperidine rings is 2. The molecule has 2 aliphatic heterocycles. The van der Waals surface area contributed by atoms with Gasteiger partial charge < -0.3 is 9.80 Å². The molecule has 1 amide bonds. The molecule has 8 heteroatoms. The van der Waals surface area contributed by atoms with E-state index in [4.69, 9.17) is 0 Å². The van der Waals surface area contributed by atoms with Gasteiger partial charge in [-0.25, -0.2) is 8.42 Å². The molecule has 0 aliphatic carbocycles. The van der Waals surface area contributed by atoms with E-state index in [0.29, 0.717) is 36.2 Å². The van der Waals surface area contributed by atoms with Crippen molar-refractivity contribution >= 4 is 27.3 Å². The Morgan fingerprint density at radius 3 is 2.38 bits per heavy atom. The molecule has 0 saturated carbocycles. The van der Waals surface area contributed by atoms with Crippen molar-refractivity contribution < 1.29 is 13.2 Å². The lowest BCUT2D eigenvalue weighted by molar-refractivity contribution is -0.138. The minimum atomic E-state index is -3.40. The van der Waals surface area contributed by atoms with E-state index in [1.54, 1.807) is 17.5 Å². The molecule has 0 spiro atoms. The highest BCUT2D eigenvalue weighted by Gasteiger charge is 2.35. The molecule has 0 aromatic carbocycles. The fourth-order valence-electron chi connectivity index (χ4n) is 3.97. The Morgan fingerprint density at radius 1 is 1.19 bits per heavy atom. The summed E-state index contributed by atoms with van der Waals surface area (Å²) in [6.07, 6.45) is 3.28. The highest BCUT2D eigenvalue weighted by molar-refractivity contribution is 7.91. The molecule has 3 rings (SSSR count). The molecule has 0 bridgehead atoms. The van der Waals surface area contributed by atoms with Crippen LogP contribution in [0.25, 0.3) is 0 Å². The number of likely N-dealkylation sites (tertiary alicyclic amines) is 1. The van der Waals surface area contributed by atoms with E-state index >= 15 is 0 Å². The molecule has 146 valence electrons. The lowest BCUT2D eigenvalue weighted by Gasteiger charge is -2.39. The van der Waals surface area contributed by atoms with Gasteiger partial charge in [0.1, 0.15) is 4.21 Å². The van der Waals surface area contributed by atoms with Crippen LogP contribution in [0.15, 0.2) is 21.7 Å². The van der Waals surface area contributed by atoms with Crippen LogP contribution in [-0.4, -0.2) is 74.2 Å². The zero-order valence-corrected chi connectivity index (χ0v) is 17.3. The number of carbonyl (C=O) groups is 1. The van der Waals surface area contributed by atoms with Gasteiger partial charge in [0.2, 0.25) is 5.91 Å². The van der Waals surface area contributed by atoms with E-state index in [2.05, 4.69) is 11.8 Å². The smallest absolute Gasteiger partial charge is 0.252 e. The van der Waals surface area contributed by atoms with E-state index in [9.17, 15) is 13.2 Å². The molecule has 1 aromatic rings. The second-order valence-corrected chi connectivity index (χ2v) is 10.3. The van der Waals surface area contributed by atoms with Gasteiger partial charge in [-0.1, -0.05) is 13.0 Å². The van der Waals surface area contributed by atoms with Crippen LogP contribution < -0.4 is 0 Å². The number of sulfonamides is 1. The fraction of sp³-hybridized carbons (Fsp3) is 0.722. The number of thiophene rings is 1. The van der Waals surface area contributed by atoms with E-state index in [0.717, 1.165) is 32.5 Å². The van der Waals surface area contributed by atoms with E-state index in [-0.39, 0.29) is 11.8 Å². The molecule has 0 N–H and O–H groups in total. The van der Waals surface area contributed by atoms with Gasteiger partial charge in [0.25, 0.3) is 10.0 Å². The summed E-state index contributed by atoms with van der Waals surface area (Å²) < 4.78 is 27.1. The number of carbonyl (C=O) groups excluding carboxylic acids is 1. The average Bonchev–Trinajstić information content (AvgIpc) is 3.23. The zero-order chi connectivity index (χ0) is 18.7. The Hall–Kier alpha value is -0.960. The molecule has 2 fully saturated rings. The Balaban J connectivity index is 1.54. The molecule has 6 nitrogen and oxygen atoms in total. The molecular weight excluding hydrogens is 370 g/mol. The first-order valence-electron chi connectivity index (χ1n) is 9.46. The van der Waals surface area contributed by atoms with Gasteiger partial charge in [-0.3, -0.25) is 4.79 Å². The van der Waals surface area contributed by atoms with Crippen LogP contribution in [0, 0.1) is 5.92 Å². The van der Waals surface area contributed by atoms with Crippen molar-refractivity contribution in [2.45, 2.75) is 42.9 Å². The summed E-state index contributed by atoms with van der Waals surface area (Å²) in [5.74, 6) is 0.132. The van der Waals surface area contributed by atoms with Crippen molar-refractivity contribution in [2.24, 2.45) is 5.92 Å². The summed E-state index contributed by atoms with van der Waals surface area (Å²) in [5.41, 5.74) is 0. The van der Waals surface area contributed by atoms with Crippen LogP contribution in [0.1, 0.15) is 32.6 Å². The van der Waals surface area contributed by atoms with Gasteiger partial charge in [-0.15, -0.1) is 11.3 Å². The third kappa shape index (κ3) is 4.13. The summed E-state index contributed by atoms with van der Waals surface area (Å²) in [7, 11) is -1.48. The third-order valence-corrected chi connectivity index (χ3v) is 9.06. The van der Waals surface area contributed by atoms with Crippen LogP contribution in [0.5, 0.6) is 0 Å². The van der Waals surface area contributed by atoms with Crippen LogP contribution >= 0.6 is 11.3 Å². The van der Waals surface area contributed by atoms with Crippen LogP contribution in [0.2, 0.25) is 0 Å². The van der Waals surface area contributed by atoms with Gasteiger partial charge in [0.05, 0.1) is 0 Å². The first-order chi connectivity index (χ1) is 12.4. The summed E-state index contributed by atoms with van der Waals surface area (Å²) in [4.78, 5) is 17.2. The van der Waals surface area contributed by atoms with Crippen LogP contribution in [-0.2, 0) is 14.8 Å². The van der Waals surface area contributed by atoms with Crippen molar-refractivity contribution in [1.29, 1.82) is 0 Å². The van der Waals surface area contributed by atoms with Gasteiger partial charge in [0, 0.05) is 45.2 Å². The SMILES string of the molecule is CCN1CCC(N(C)C(=O)C2CCN(S(=O)(=O)c3cccs3)CC2)CC1. The van der Waals surface area contributed by atoms with E-state index in [1.807, 2.05) is 11.9 Å². The summed E-state index contributed by atoms with van der Waals surface area (Å²) in [6, 6.07) is 3.72. The molecule has 2 aliphatic rings. The van der Waals surface area contributed by atoms with E-state index < -0.39 is 10.0 Å². The van der Waals surface area contributed by atoms with Crippen LogP contribution in [0.3, 0.4) is 0 Å².